The topological polar surface area (TPSA) is 138 Å². The first-order chi connectivity index (χ1) is 11.9. The highest BCUT2D eigenvalue weighted by Gasteiger charge is 2.16. The molecule has 1 unspecified atom stereocenters. The van der Waals surface area contributed by atoms with Crippen molar-refractivity contribution in [2.75, 3.05) is 0 Å². The van der Waals surface area contributed by atoms with Crippen LogP contribution in [-0.2, 0) is 6.54 Å². The zero-order chi connectivity index (χ0) is 18.1. The number of carboxylic acid groups (broad SMARTS) is 1. The van der Waals surface area contributed by atoms with Gasteiger partial charge in [-0.2, -0.15) is 10.4 Å². The van der Waals surface area contributed by atoms with Crippen molar-refractivity contribution in [3.63, 3.8) is 0 Å². The molecule has 0 saturated carbocycles. The summed E-state index contributed by atoms with van der Waals surface area (Å²) in [6.07, 6.45) is 1.80. The third-order valence-corrected chi connectivity index (χ3v) is 3.77. The normalized spacial score (nSPS) is 12.1. The second kappa shape index (κ2) is 6.32. The summed E-state index contributed by atoms with van der Waals surface area (Å²) in [6, 6.07) is 7.26. The molecule has 0 amide bonds. The van der Waals surface area contributed by atoms with Gasteiger partial charge >= 0.3 is 5.97 Å². The standard InChI is InChI=1S/C17H15N5O3/c1-9-2-11-3-10(4-12(16(19)23)15(11)20-6-9)7-22-8-13(17(24)25)14(5-18)21-22/h2-4,6,8,16,23H,7,19H2,1H3,(H,24,25). The first-order valence-electron chi connectivity index (χ1n) is 7.42. The highest BCUT2D eigenvalue weighted by molar-refractivity contribution is 5.89. The lowest BCUT2D eigenvalue weighted by Crippen LogP contribution is -2.11. The number of aliphatic hydroxyl groups excluding tert-OH is 1. The molecule has 0 spiro atoms. The van der Waals surface area contributed by atoms with Crippen LogP contribution in [0.5, 0.6) is 0 Å². The van der Waals surface area contributed by atoms with Gasteiger partial charge in [0, 0.05) is 23.3 Å². The summed E-state index contributed by atoms with van der Waals surface area (Å²) in [5, 5.41) is 32.7. The molecule has 3 rings (SSSR count). The molecule has 25 heavy (non-hydrogen) atoms. The van der Waals surface area contributed by atoms with Gasteiger partial charge in [0.25, 0.3) is 0 Å². The molecule has 1 atom stereocenters. The van der Waals surface area contributed by atoms with Crippen LogP contribution in [-0.4, -0.2) is 30.9 Å². The highest BCUT2D eigenvalue weighted by Crippen LogP contribution is 2.24. The number of nitrogens with zero attached hydrogens (tertiary/aromatic N) is 4. The summed E-state index contributed by atoms with van der Waals surface area (Å²) in [6.45, 7) is 2.13. The summed E-state index contributed by atoms with van der Waals surface area (Å²) < 4.78 is 1.37. The monoisotopic (exact) mass is 337 g/mol. The molecule has 8 nitrogen and oxygen atoms in total. The first-order valence-corrected chi connectivity index (χ1v) is 7.42. The van der Waals surface area contributed by atoms with Crippen LogP contribution in [0.1, 0.15) is 39.0 Å². The van der Waals surface area contributed by atoms with Crippen LogP contribution in [0.3, 0.4) is 0 Å². The third-order valence-electron chi connectivity index (χ3n) is 3.77. The fourth-order valence-corrected chi connectivity index (χ4v) is 2.70. The Bertz CT molecular complexity index is 1020. The molecule has 0 fully saturated rings. The number of carboxylic acids is 1. The van der Waals surface area contributed by atoms with Crippen molar-refractivity contribution < 1.29 is 15.0 Å². The van der Waals surface area contributed by atoms with Crippen molar-refractivity contribution in [3.8, 4) is 6.07 Å². The lowest BCUT2D eigenvalue weighted by Gasteiger charge is -2.12. The fourth-order valence-electron chi connectivity index (χ4n) is 2.70. The number of carbonyl (C=O) groups is 1. The number of fused-ring (bicyclic) bond motifs is 1. The summed E-state index contributed by atoms with van der Waals surface area (Å²) in [7, 11) is 0. The largest absolute Gasteiger partial charge is 0.478 e. The van der Waals surface area contributed by atoms with Crippen LogP contribution >= 0.6 is 0 Å². The van der Waals surface area contributed by atoms with E-state index in [1.165, 1.54) is 10.9 Å². The molecule has 126 valence electrons. The number of aryl methyl sites for hydroxylation is 1. The zero-order valence-corrected chi connectivity index (χ0v) is 13.3. The van der Waals surface area contributed by atoms with Crippen LogP contribution in [0.2, 0.25) is 0 Å². The molecule has 0 radical (unpaired) electrons. The number of benzene rings is 1. The predicted molar refractivity (Wildman–Crippen MR) is 88.6 cm³/mol. The van der Waals surface area contributed by atoms with E-state index in [1.807, 2.05) is 19.1 Å². The van der Waals surface area contributed by atoms with Gasteiger partial charge in [-0.25, -0.2) is 4.79 Å². The number of pyridine rings is 1. The quantitative estimate of drug-likeness (QED) is 0.610. The van der Waals surface area contributed by atoms with E-state index in [1.54, 1.807) is 18.3 Å². The van der Waals surface area contributed by atoms with E-state index in [2.05, 4.69) is 10.1 Å². The Hall–Kier alpha value is -3.28. The third kappa shape index (κ3) is 3.19. The summed E-state index contributed by atoms with van der Waals surface area (Å²) >= 11 is 0. The molecule has 0 aliphatic heterocycles. The number of rotatable bonds is 4. The minimum atomic E-state index is -1.21. The predicted octanol–water partition coefficient (Wildman–Crippen LogP) is 1.31. The van der Waals surface area contributed by atoms with Gasteiger partial charge in [-0.3, -0.25) is 9.67 Å². The molecular weight excluding hydrogens is 322 g/mol. The highest BCUT2D eigenvalue weighted by atomic mass is 16.4. The zero-order valence-electron chi connectivity index (χ0n) is 13.3. The van der Waals surface area contributed by atoms with Crippen LogP contribution < -0.4 is 5.73 Å². The van der Waals surface area contributed by atoms with Crippen molar-refractivity contribution >= 4 is 16.9 Å². The van der Waals surface area contributed by atoms with Gasteiger partial charge in [-0.1, -0.05) is 0 Å². The fraction of sp³-hybridized carbons (Fsp3) is 0.176. The lowest BCUT2D eigenvalue weighted by atomic mass is 10.0. The summed E-state index contributed by atoms with van der Waals surface area (Å²) in [5.41, 5.74) is 8.13. The molecule has 0 aliphatic rings. The number of aliphatic hydroxyl groups is 1. The van der Waals surface area contributed by atoms with E-state index in [4.69, 9.17) is 16.1 Å². The van der Waals surface area contributed by atoms with Gasteiger partial charge in [-0.15, -0.1) is 0 Å². The van der Waals surface area contributed by atoms with Crippen molar-refractivity contribution in [2.45, 2.75) is 19.7 Å². The Morgan fingerprint density at radius 2 is 2.20 bits per heavy atom. The molecule has 3 aromatic rings. The van der Waals surface area contributed by atoms with E-state index in [-0.39, 0.29) is 17.8 Å². The van der Waals surface area contributed by atoms with Gasteiger partial charge in [0.1, 0.15) is 17.9 Å². The number of aromatic nitrogens is 3. The average molecular weight is 337 g/mol. The minimum Gasteiger partial charge on any atom is -0.478 e. The van der Waals surface area contributed by atoms with Crippen molar-refractivity contribution in [1.29, 1.82) is 5.26 Å². The first kappa shape index (κ1) is 16.6. The Morgan fingerprint density at radius 3 is 2.80 bits per heavy atom. The molecule has 0 aliphatic carbocycles. The Balaban J connectivity index is 2.07. The molecule has 1 aromatic carbocycles. The Labute approximate surface area is 142 Å². The maximum absolute atomic E-state index is 11.1. The smallest absolute Gasteiger partial charge is 0.340 e. The van der Waals surface area contributed by atoms with Gasteiger partial charge in [0.15, 0.2) is 5.69 Å². The summed E-state index contributed by atoms with van der Waals surface area (Å²) in [4.78, 5) is 15.5. The molecular formula is C17H15N5O3. The summed E-state index contributed by atoms with van der Waals surface area (Å²) in [5.74, 6) is -1.21. The maximum atomic E-state index is 11.1. The number of nitriles is 1. The molecule has 8 heteroatoms. The number of hydrogen-bond donors (Lipinski definition) is 3. The molecule has 2 aromatic heterocycles. The molecule has 4 N–H and O–H groups in total. The van der Waals surface area contributed by atoms with Crippen LogP contribution in [0.4, 0.5) is 0 Å². The SMILES string of the molecule is Cc1cnc2c(C(N)O)cc(Cn3cc(C(=O)O)c(C#N)n3)cc2c1. The second-order valence-corrected chi connectivity index (χ2v) is 5.72. The van der Waals surface area contributed by atoms with Gasteiger partial charge in [0.2, 0.25) is 0 Å². The number of nitrogens with two attached hydrogens (primary N) is 1. The van der Waals surface area contributed by atoms with E-state index < -0.39 is 12.2 Å². The van der Waals surface area contributed by atoms with E-state index >= 15 is 0 Å². The van der Waals surface area contributed by atoms with Gasteiger partial charge in [-0.05, 0) is 36.2 Å². The average Bonchev–Trinajstić information content (AvgIpc) is 2.96. The number of aromatic carboxylic acids is 1. The van der Waals surface area contributed by atoms with Gasteiger partial charge in [0.05, 0.1) is 12.1 Å². The molecule has 0 saturated heterocycles. The maximum Gasteiger partial charge on any atom is 0.340 e. The van der Waals surface area contributed by atoms with Crippen LogP contribution in [0.15, 0.2) is 30.6 Å². The Morgan fingerprint density at radius 1 is 1.44 bits per heavy atom. The van der Waals surface area contributed by atoms with E-state index in [0.717, 1.165) is 16.5 Å². The van der Waals surface area contributed by atoms with Crippen molar-refractivity contribution in [2.24, 2.45) is 5.73 Å². The molecule has 2 heterocycles. The Kier molecular flexibility index (Phi) is 4.19. The van der Waals surface area contributed by atoms with Crippen LogP contribution in [0.25, 0.3) is 10.9 Å². The second-order valence-electron chi connectivity index (χ2n) is 5.72. The van der Waals surface area contributed by atoms with E-state index in [0.29, 0.717) is 11.1 Å². The van der Waals surface area contributed by atoms with Gasteiger partial charge < -0.3 is 15.9 Å². The lowest BCUT2D eigenvalue weighted by molar-refractivity contribution is 0.0696. The van der Waals surface area contributed by atoms with E-state index in [9.17, 15) is 9.90 Å². The minimum absolute atomic E-state index is 0.148. The number of hydrogen-bond acceptors (Lipinski definition) is 6. The van der Waals surface area contributed by atoms with Crippen LogP contribution in [0, 0.1) is 18.3 Å². The molecule has 0 bridgehead atoms. The van der Waals surface area contributed by atoms with Crippen molar-refractivity contribution in [3.05, 3.63) is 58.5 Å². The van der Waals surface area contributed by atoms with Crippen molar-refractivity contribution in [1.82, 2.24) is 14.8 Å².